The largest absolute Gasteiger partial charge is 0.299 e. The summed E-state index contributed by atoms with van der Waals surface area (Å²) in [7, 11) is 2.34. The molecular weight excluding hydrogens is 386 g/mol. The fraction of sp³-hybridized carbons (Fsp3) is 0.548. The summed E-state index contributed by atoms with van der Waals surface area (Å²) in [6, 6.07) is 28.3. The van der Waals surface area contributed by atoms with Crippen LogP contribution in [0.15, 0.2) is 78.9 Å². The Morgan fingerprint density at radius 3 is 1.47 bits per heavy atom. The van der Waals surface area contributed by atoms with Crippen molar-refractivity contribution in [3.8, 4) is 0 Å². The molecule has 2 atom stereocenters. The minimum absolute atomic E-state index is 0.697. The Kier molecular flexibility index (Phi) is 14.6. The lowest BCUT2D eigenvalue weighted by Crippen LogP contribution is -2.31. The van der Waals surface area contributed by atoms with Crippen molar-refractivity contribution < 1.29 is 0 Å². The zero-order valence-corrected chi connectivity index (χ0v) is 20.8. The van der Waals surface area contributed by atoms with E-state index in [0.717, 1.165) is 12.5 Å². The smallest absolute Gasteiger partial charge is 0.0233 e. The van der Waals surface area contributed by atoms with E-state index in [4.69, 9.17) is 0 Å². The third-order valence-electron chi connectivity index (χ3n) is 6.76. The molecule has 1 aliphatic carbocycles. The Labute approximate surface area is 198 Å². The van der Waals surface area contributed by atoms with Crippen LogP contribution in [0.25, 0.3) is 0 Å². The normalized spacial score (nSPS) is 21.0. The van der Waals surface area contributed by atoms with Crippen LogP contribution in [0.4, 0.5) is 0 Å². The minimum Gasteiger partial charge on any atom is -0.299 e. The average Bonchev–Trinajstić information content (AvgIpc) is 2.79. The minimum atomic E-state index is 0.697. The molecule has 0 bridgehead atoms. The van der Waals surface area contributed by atoms with Crippen molar-refractivity contribution in [3.05, 3.63) is 84.4 Å². The summed E-state index contributed by atoms with van der Waals surface area (Å²) in [6.07, 6.45) is 16.9. The van der Waals surface area contributed by atoms with Crippen LogP contribution in [0.1, 0.15) is 89.5 Å². The van der Waals surface area contributed by atoms with Crippen molar-refractivity contribution in [3.63, 3.8) is 0 Å². The van der Waals surface area contributed by atoms with Crippen molar-refractivity contribution in [1.29, 1.82) is 0 Å². The van der Waals surface area contributed by atoms with Gasteiger partial charge < -0.3 is 0 Å². The van der Waals surface area contributed by atoms with Crippen LogP contribution < -0.4 is 0 Å². The van der Waals surface area contributed by atoms with Crippen molar-refractivity contribution in [1.82, 2.24) is 4.90 Å². The van der Waals surface area contributed by atoms with Crippen LogP contribution in [-0.2, 0) is 6.54 Å². The number of hydrogen-bond donors (Lipinski definition) is 0. The maximum absolute atomic E-state index is 2.62. The Morgan fingerprint density at radius 1 is 0.562 bits per heavy atom. The highest BCUT2D eigenvalue weighted by atomic mass is 15.1. The second-order valence-corrected chi connectivity index (χ2v) is 9.68. The zero-order chi connectivity index (χ0) is 22.7. The molecule has 0 N–H and O–H groups in total. The van der Waals surface area contributed by atoms with Crippen LogP contribution in [0, 0.1) is 5.92 Å². The molecule has 0 amide bonds. The second-order valence-electron chi connectivity index (χ2n) is 9.68. The quantitative estimate of drug-likeness (QED) is 0.459. The van der Waals surface area contributed by atoms with Gasteiger partial charge in [-0.1, -0.05) is 150 Å². The van der Waals surface area contributed by atoms with E-state index < -0.39 is 0 Å². The molecule has 0 spiro atoms. The molecule has 1 aromatic rings. The summed E-state index contributed by atoms with van der Waals surface area (Å²) in [5, 5.41) is 0. The van der Waals surface area contributed by atoms with Gasteiger partial charge in [-0.15, -0.1) is 0 Å². The second kappa shape index (κ2) is 17.7. The van der Waals surface area contributed by atoms with E-state index in [9.17, 15) is 0 Å². The molecule has 1 fully saturated rings. The molecule has 0 saturated heterocycles. The molecule has 0 aromatic heterocycles. The van der Waals surface area contributed by atoms with Crippen LogP contribution in [0.3, 0.4) is 0 Å². The third kappa shape index (κ3) is 12.9. The molecule has 0 aliphatic heterocycles. The molecule has 176 valence electrons. The molecule has 2 rings (SSSR count). The fourth-order valence-electron chi connectivity index (χ4n) is 4.70. The molecular formula is C31H47N. The predicted octanol–water partition coefficient (Wildman–Crippen LogP) is 9.07. The molecule has 32 heavy (non-hydrogen) atoms. The van der Waals surface area contributed by atoms with Crippen LogP contribution in [0.5, 0.6) is 0 Å². The van der Waals surface area contributed by atoms with Crippen LogP contribution in [0.2, 0.25) is 0 Å². The van der Waals surface area contributed by atoms with E-state index in [0.29, 0.717) is 6.04 Å². The summed E-state index contributed by atoms with van der Waals surface area (Å²) in [5.74, 6) is 0.911. The summed E-state index contributed by atoms with van der Waals surface area (Å²) in [6.45, 7) is 3.47. The Morgan fingerprint density at radius 2 is 0.938 bits per heavy atom. The standard InChI is InChI=1S/C31H47N/c1-29-22-16-12-10-11-15-19-26-31(27-21-20-23-29)32(2)28-30-24-17-13-8-6-4-3-5-7-9-14-18-25-30/h3-9,13-14,17-18,24-25,29,31H,10-12,15-16,19-23,26-28H2,1-2H3/t29?,31-/m1/s1. The van der Waals surface area contributed by atoms with Crippen molar-refractivity contribution in [2.45, 2.75) is 96.6 Å². The fourth-order valence-corrected chi connectivity index (χ4v) is 4.70. The summed E-state index contributed by atoms with van der Waals surface area (Å²) >= 11 is 0. The van der Waals surface area contributed by atoms with Crippen LogP contribution >= 0.6 is 0 Å². The van der Waals surface area contributed by atoms with Crippen molar-refractivity contribution in [2.24, 2.45) is 5.92 Å². The Bertz CT molecular complexity index is 675. The van der Waals surface area contributed by atoms with Crippen molar-refractivity contribution in [2.75, 3.05) is 7.05 Å². The maximum Gasteiger partial charge on any atom is 0.0233 e. The lowest BCUT2D eigenvalue weighted by Gasteiger charge is -2.29. The molecule has 1 aromatic carbocycles. The highest BCUT2D eigenvalue weighted by molar-refractivity contribution is 5.11. The Balaban J connectivity index is 2.06. The monoisotopic (exact) mass is 433 g/mol. The molecule has 0 heterocycles. The summed E-state index contributed by atoms with van der Waals surface area (Å²) < 4.78 is 0. The van der Waals surface area contributed by atoms with Gasteiger partial charge in [-0.3, -0.25) is 4.90 Å². The first-order chi connectivity index (χ1) is 15.8. The highest BCUT2D eigenvalue weighted by Gasteiger charge is 2.15. The van der Waals surface area contributed by atoms with Gasteiger partial charge in [0.25, 0.3) is 0 Å². The van der Waals surface area contributed by atoms with Gasteiger partial charge in [0.1, 0.15) is 0 Å². The maximum atomic E-state index is 2.62. The van der Waals surface area contributed by atoms with Gasteiger partial charge in [-0.25, -0.2) is 0 Å². The predicted molar refractivity (Wildman–Crippen MR) is 142 cm³/mol. The van der Waals surface area contributed by atoms with Gasteiger partial charge >= 0.3 is 0 Å². The highest BCUT2D eigenvalue weighted by Crippen LogP contribution is 2.22. The Hall–Kier alpha value is -1.86. The SMILES string of the molecule is CC1CCCCCCCC[C@@H](N(C)Cc2ccccccccccccc2)CCCC1. The van der Waals surface area contributed by atoms with Gasteiger partial charge in [0, 0.05) is 12.6 Å². The molecule has 1 saturated carbocycles. The molecule has 1 nitrogen and oxygen atoms in total. The molecule has 0 radical (unpaired) electrons. The van der Waals surface area contributed by atoms with Gasteiger partial charge in [0.05, 0.1) is 0 Å². The first kappa shape index (κ1) is 26.4. The van der Waals surface area contributed by atoms with E-state index in [1.54, 1.807) is 0 Å². The van der Waals surface area contributed by atoms with Gasteiger partial charge in [0.15, 0.2) is 0 Å². The van der Waals surface area contributed by atoms with Gasteiger partial charge in [-0.05, 0) is 31.4 Å². The lowest BCUT2D eigenvalue weighted by atomic mass is 9.93. The first-order valence-corrected chi connectivity index (χ1v) is 13.2. The molecule has 1 aliphatic rings. The van der Waals surface area contributed by atoms with E-state index >= 15 is 0 Å². The summed E-state index contributed by atoms with van der Waals surface area (Å²) in [4.78, 5) is 2.62. The van der Waals surface area contributed by atoms with E-state index in [1.165, 1.54) is 82.6 Å². The summed E-state index contributed by atoms with van der Waals surface area (Å²) in [5.41, 5.74) is 1.37. The van der Waals surface area contributed by atoms with Crippen molar-refractivity contribution >= 4 is 0 Å². The molecule has 1 unspecified atom stereocenters. The number of hydrogen-bond acceptors (Lipinski definition) is 1. The van der Waals surface area contributed by atoms with E-state index in [-0.39, 0.29) is 0 Å². The van der Waals surface area contributed by atoms with E-state index in [1.807, 2.05) is 6.07 Å². The average molecular weight is 434 g/mol. The van der Waals surface area contributed by atoms with Gasteiger partial charge in [-0.2, -0.15) is 0 Å². The number of nitrogens with zero attached hydrogens (tertiary/aromatic N) is 1. The third-order valence-corrected chi connectivity index (χ3v) is 6.76. The van der Waals surface area contributed by atoms with Crippen LogP contribution in [-0.4, -0.2) is 18.0 Å². The van der Waals surface area contributed by atoms with E-state index in [2.05, 4.69) is 91.7 Å². The number of rotatable bonds is 3. The zero-order valence-electron chi connectivity index (χ0n) is 20.8. The lowest BCUT2D eigenvalue weighted by molar-refractivity contribution is 0.200. The first-order valence-electron chi connectivity index (χ1n) is 13.2. The van der Waals surface area contributed by atoms with Gasteiger partial charge in [0.2, 0.25) is 0 Å². The topological polar surface area (TPSA) is 3.24 Å². The molecule has 1 heteroatoms.